The molecule has 2 rings (SSSR count). The molecular formula is C9H9BrFN3O. The number of hydrogen-bond donors (Lipinski definition) is 1. The van der Waals surface area contributed by atoms with Crippen LogP contribution in [-0.4, -0.2) is 23.5 Å². The van der Waals surface area contributed by atoms with Crippen LogP contribution < -0.4 is 10.6 Å². The second-order valence-corrected chi connectivity index (χ2v) is 4.35. The summed E-state index contributed by atoms with van der Waals surface area (Å²) in [5.74, 6) is -0.818. The molecule has 0 aromatic carbocycles. The molecule has 1 unspecified atom stereocenters. The van der Waals surface area contributed by atoms with E-state index in [1.165, 1.54) is 17.2 Å². The molecule has 0 bridgehead atoms. The molecule has 1 aromatic rings. The van der Waals surface area contributed by atoms with Crippen molar-refractivity contribution >= 4 is 27.5 Å². The van der Waals surface area contributed by atoms with Crippen molar-refractivity contribution in [3.63, 3.8) is 0 Å². The van der Waals surface area contributed by atoms with Crippen LogP contribution in [0.2, 0.25) is 0 Å². The third kappa shape index (κ3) is 2.00. The largest absolute Gasteiger partial charge is 0.326 e. The molecule has 4 nitrogen and oxygen atoms in total. The molecule has 1 aliphatic rings. The van der Waals surface area contributed by atoms with Crippen LogP contribution in [0.4, 0.5) is 10.1 Å². The van der Waals surface area contributed by atoms with Crippen LogP contribution >= 0.6 is 15.9 Å². The molecule has 0 saturated carbocycles. The fraction of sp³-hybridized carbons (Fsp3) is 0.333. The van der Waals surface area contributed by atoms with Gasteiger partial charge in [-0.2, -0.15) is 4.39 Å². The molecule has 1 fully saturated rings. The first kappa shape index (κ1) is 10.5. The summed E-state index contributed by atoms with van der Waals surface area (Å²) in [6.07, 6.45) is 1.60. The summed E-state index contributed by atoms with van der Waals surface area (Å²) < 4.78 is 14.0. The molecule has 1 atom stereocenters. The lowest BCUT2D eigenvalue weighted by molar-refractivity contribution is -0.117. The van der Waals surface area contributed by atoms with Crippen LogP contribution in [0, 0.1) is 5.95 Å². The van der Waals surface area contributed by atoms with Crippen LogP contribution in [0.3, 0.4) is 0 Å². The molecule has 1 aliphatic heterocycles. The van der Waals surface area contributed by atoms with Gasteiger partial charge in [0, 0.05) is 29.7 Å². The van der Waals surface area contributed by atoms with Crippen molar-refractivity contribution in [2.45, 2.75) is 12.5 Å². The van der Waals surface area contributed by atoms with Crippen LogP contribution in [0.25, 0.3) is 0 Å². The summed E-state index contributed by atoms with van der Waals surface area (Å²) in [6, 6.07) is 1.30. The normalized spacial score (nSPS) is 21.1. The first-order chi connectivity index (χ1) is 7.08. The number of nitrogens with two attached hydrogens (primary N) is 1. The highest BCUT2D eigenvalue weighted by molar-refractivity contribution is 9.10. The van der Waals surface area contributed by atoms with E-state index in [1.807, 2.05) is 0 Å². The minimum absolute atomic E-state index is 0.165. The Morgan fingerprint density at radius 2 is 2.40 bits per heavy atom. The van der Waals surface area contributed by atoms with Crippen molar-refractivity contribution in [2.75, 3.05) is 11.4 Å². The monoisotopic (exact) mass is 273 g/mol. The summed E-state index contributed by atoms with van der Waals surface area (Å²) >= 11 is 3.18. The SMILES string of the molecule is NC1CC(=O)N(c2cc(Br)cnc2F)C1. The van der Waals surface area contributed by atoms with Crippen molar-refractivity contribution in [1.82, 2.24) is 4.98 Å². The van der Waals surface area contributed by atoms with Gasteiger partial charge in [0.05, 0.1) is 0 Å². The number of nitrogens with zero attached hydrogens (tertiary/aromatic N) is 2. The molecule has 1 saturated heterocycles. The van der Waals surface area contributed by atoms with E-state index < -0.39 is 5.95 Å². The molecular weight excluding hydrogens is 265 g/mol. The number of anilines is 1. The Balaban J connectivity index is 2.37. The van der Waals surface area contributed by atoms with Crippen molar-refractivity contribution < 1.29 is 9.18 Å². The van der Waals surface area contributed by atoms with Crippen LogP contribution in [0.5, 0.6) is 0 Å². The molecule has 2 N–H and O–H groups in total. The van der Waals surface area contributed by atoms with Gasteiger partial charge in [-0.15, -0.1) is 0 Å². The second-order valence-electron chi connectivity index (χ2n) is 3.43. The summed E-state index contributed by atoms with van der Waals surface area (Å²) in [5.41, 5.74) is 5.81. The number of aromatic nitrogens is 1. The first-order valence-electron chi connectivity index (χ1n) is 4.45. The summed E-state index contributed by atoms with van der Waals surface area (Å²) in [6.45, 7) is 0.341. The molecule has 1 aromatic heterocycles. The molecule has 0 radical (unpaired) electrons. The molecule has 0 spiro atoms. The lowest BCUT2D eigenvalue weighted by Crippen LogP contribution is -2.28. The minimum atomic E-state index is -0.652. The van der Waals surface area contributed by atoms with E-state index in [2.05, 4.69) is 20.9 Å². The fourth-order valence-electron chi connectivity index (χ4n) is 1.57. The smallest absolute Gasteiger partial charge is 0.236 e. The van der Waals surface area contributed by atoms with Gasteiger partial charge in [0.1, 0.15) is 5.69 Å². The van der Waals surface area contributed by atoms with Gasteiger partial charge >= 0.3 is 0 Å². The van der Waals surface area contributed by atoms with Gasteiger partial charge in [0.2, 0.25) is 11.9 Å². The van der Waals surface area contributed by atoms with E-state index in [0.29, 0.717) is 11.0 Å². The molecule has 80 valence electrons. The number of pyridine rings is 1. The Kier molecular flexibility index (Phi) is 2.70. The zero-order valence-electron chi connectivity index (χ0n) is 7.78. The maximum absolute atomic E-state index is 13.4. The summed E-state index contributed by atoms with van der Waals surface area (Å²) in [5, 5.41) is 0. The number of hydrogen-bond acceptors (Lipinski definition) is 3. The fourth-order valence-corrected chi connectivity index (χ4v) is 1.89. The Morgan fingerprint density at radius 3 is 3.00 bits per heavy atom. The molecule has 1 amide bonds. The van der Waals surface area contributed by atoms with Crippen molar-refractivity contribution in [1.29, 1.82) is 0 Å². The van der Waals surface area contributed by atoms with Crippen LogP contribution in [0.1, 0.15) is 6.42 Å². The van der Waals surface area contributed by atoms with E-state index in [4.69, 9.17) is 5.73 Å². The van der Waals surface area contributed by atoms with E-state index in [0.717, 1.165) is 0 Å². The van der Waals surface area contributed by atoms with Gasteiger partial charge in [-0.25, -0.2) is 4.98 Å². The maximum Gasteiger partial charge on any atom is 0.236 e. The number of amides is 1. The highest BCUT2D eigenvalue weighted by Crippen LogP contribution is 2.25. The maximum atomic E-state index is 13.4. The highest BCUT2D eigenvalue weighted by atomic mass is 79.9. The average molecular weight is 274 g/mol. The van der Waals surface area contributed by atoms with Crippen LogP contribution in [0.15, 0.2) is 16.7 Å². The minimum Gasteiger partial charge on any atom is -0.326 e. The van der Waals surface area contributed by atoms with Gasteiger partial charge in [-0.1, -0.05) is 0 Å². The predicted molar refractivity (Wildman–Crippen MR) is 56.8 cm³/mol. The van der Waals surface area contributed by atoms with Gasteiger partial charge in [0.15, 0.2) is 0 Å². The summed E-state index contributed by atoms with van der Waals surface area (Å²) in [4.78, 5) is 16.4. The van der Waals surface area contributed by atoms with Crippen LogP contribution in [-0.2, 0) is 4.79 Å². The van der Waals surface area contributed by atoms with E-state index in [9.17, 15) is 9.18 Å². The van der Waals surface area contributed by atoms with Gasteiger partial charge in [-0.05, 0) is 22.0 Å². The quantitative estimate of drug-likeness (QED) is 0.779. The predicted octanol–water partition coefficient (Wildman–Crippen LogP) is 1.05. The topological polar surface area (TPSA) is 59.2 Å². The Morgan fingerprint density at radius 1 is 1.67 bits per heavy atom. The van der Waals surface area contributed by atoms with Crippen molar-refractivity contribution in [3.8, 4) is 0 Å². The number of halogens is 2. The molecule has 15 heavy (non-hydrogen) atoms. The lowest BCUT2D eigenvalue weighted by atomic mass is 10.3. The third-order valence-corrected chi connectivity index (χ3v) is 2.67. The number of rotatable bonds is 1. The van der Waals surface area contributed by atoms with E-state index in [-0.39, 0.29) is 24.1 Å². The van der Waals surface area contributed by atoms with Gasteiger partial charge in [-0.3, -0.25) is 4.79 Å². The second kappa shape index (κ2) is 3.86. The van der Waals surface area contributed by atoms with E-state index >= 15 is 0 Å². The standard InChI is InChI=1S/C9H9BrFN3O/c10-5-1-7(9(11)13-3-5)14-4-6(12)2-8(14)15/h1,3,6H,2,4,12H2. The number of carbonyl (C=O) groups excluding carboxylic acids is 1. The van der Waals surface area contributed by atoms with Crippen molar-refractivity contribution in [3.05, 3.63) is 22.7 Å². The molecule has 6 heteroatoms. The van der Waals surface area contributed by atoms with Gasteiger partial charge in [0.25, 0.3) is 0 Å². The Labute approximate surface area is 94.4 Å². The zero-order valence-corrected chi connectivity index (χ0v) is 9.37. The van der Waals surface area contributed by atoms with E-state index in [1.54, 1.807) is 0 Å². The Hall–Kier alpha value is -1.01. The summed E-state index contributed by atoms with van der Waals surface area (Å²) in [7, 11) is 0. The first-order valence-corrected chi connectivity index (χ1v) is 5.24. The highest BCUT2D eigenvalue weighted by Gasteiger charge is 2.30. The average Bonchev–Trinajstić information content (AvgIpc) is 2.50. The molecule has 2 heterocycles. The Bertz CT molecular complexity index is 412. The van der Waals surface area contributed by atoms with Crippen molar-refractivity contribution in [2.24, 2.45) is 5.73 Å². The number of carbonyl (C=O) groups is 1. The zero-order chi connectivity index (χ0) is 11.0. The lowest BCUT2D eigenvalue weighted by Gasteiger charge is -2.16. The third-order valence-electron chi connectivity index (χ3n) is 2.23. The molecule has 0 aliphatic carbocycles. The van der Waals surface area contributed by atoms with Gasteiger partial charge < -0.3 is 10.6 Å².